The third kappa shape index (κ3) is 2.82. The molecule has 2 aromatic carbocycles. The molecule has 0 unspecified atom stereocenters. The number of benzene rings is 2. The first-order chi connectivity index (χ1) is 13.1. The van der Waals surface area contributed by atoms with Crippen molar-refractivity contribution in [2.75, 3.05) is 10.2 Å². The smallest absolute Gasteiger partial charge is 0.342 e. The summed E-state index contributed by atoms with van der Waals surface area (Å²) in [6.07, 6.45) is 1.03. The molecule has 2 heterocycles. The van der Waals surface area contributed by atoms with E-state index < -0.39 is 17.1 Å². The summed E-state index contributed by atoms with van der Waals surface area (Å²) in [4.78, 5) is 42.2. The normalized spacial score (nSPS) is 12.1. The summed E-state index contributed by atoms with van der Waals surface area (Å²) in [5.74, 6) is -1.06. The molecule has 0 aliphatic carbocycles. The Morgan fingerprint density at radius 1 is 1.00 bits per heavy atom. The number of amides is 2. The Balaban J connectivity index is 1.79. The van der Waals surface area contributed by atoms with Crippen LogP contribution < -0.4 is 15.8 Å². The molecule has 4 rings (SSSR count). The molecule has 3 aromatic rings. The number of hydrogen-bond acceptors (Lipinski definition) is 4. The second kappa shape index (κ2) is 6.41. The lowest BCUT2D eigenvalue weighted by molar-refractivity contribution is 0.0694. The third-order valence-corrected chi connectivity index (χ3v) is 4.25. The highest BCUT2D eigenvalue weighted by Gasteiger charge is 2.29. The van der Waals surface area contributed by atoms with E-state index in [2.05, 4.69) is 10.3 Å². The zero-order valence-electron chi connectivity index (χ0n) is 14.0. The average molecular weight is 362 g/mol. The SMILES string of the molecule is O=C(O)c1cnc2n(c1=O)-c1ccccc1N(C(=O)Nc1ccccc1)C2. The number of carboxylic acid groups (broad SMARTS) is 1. The predicted molar refractivity (Wildman–Crippen MR) is 98.4 cm³/mol. The second-order valence-electron chi connectivity index (χ2n) is 5.90. The highest BCUT2D eigenvalue weighted by Crippen LogP contribution is 2.30. The van der Waals surface area contributed by atoms with Gasteiger partial charge in [0.2, 0.25) is 0 Å². The maximum atomic E-state index is 12.8. The number of aromatic nitrogens is 2. The van der Waals surface area contributed by atoms with E-state index in [9.17, 15) is 19.5 Å². The molecule has 134 valence electrons. The number of carbonyl (C=O) groups excluding carboxylic acids is 1. The van der Waals surface area contributed by atoms with Gasteiger partial charge in [0.05, 0.1) is 17.9 Å². The quantitative estimate of drug-likeness (QED) is 0.729. The molecule has 0 atom stereocenters. The predicted octanol–water partition coefficient (Wildman–Crippen LogP) is 2.48. The number of rotatable bonds is 2. The molecular formula is C19H14N4O4. The molecule has 2 amide bonds. The van der Waals surface area contributed by atoms with Crippen LogP contribution in [-0.2, 0) is 6.54 Å². The molecule has 0 radical (unpaired) electrons. The van der Waals surface area contributed by atoms with Crippen LogP contribution in [0.3, 0.4) is 0 Å². The number of carbonyl (C=O) groups is 2. The number of fused-ring (bicyclic) bond motifs is 3. The van der Waals surface area contributed by atoms with Gasteiger partial charge in [-0.25, -0.2) is 14.6 Å². The van der Waals surface area contributed by atoms with Gasteiger partial charge in [-0.05, 0) is 24.3 Å². The molecule has 0 spiro atoms. The fourth-order valence-corrected chi connectivity index (χ4v) is 3.00. The van der Waals surface area contributed by atoms with Crippen molar-refractivity contribution in [2.45, 2.75) is 6.54 Å². The first-order valence-electron chi connectivity index (χ1n) is 8.13. The lowest BCUT2D eigenvalue weighted by atomic mass is 10.1. The fourth-order valence-electron chi connectivity index (χ4n) is 3.00. The lowest BCUT2D eigenvalue weighted by Crippen LogP contribution is -2.42. The highest BCUT2D eigenvalue weighted by atomic mass is 16.4. The molecule has 0 saturated carbocycles. The van der Waals surface area contributed by atoms with E-state index in [0.29, 0.717) is 17.1 Å². The number of anilines is 2. The van der Waals surface area contributed by atoms with E-state index in [4.69, 9.17) is 0 Å². The van der Waals surface area contributed by atoms with Crippen LogP contribution in [0.15, 0.2) is 65.6 Å². The van der Waals surface area contributed by atoms with Gasteiger partial charge in [-0.1, -0.05) is 30.3 Å². The minimum atomic E-state index is -1.34. The van der Waals surface area contributed by atoms with Crippen LogP contribution in [0.2, 0.25) is 0 Å². The number of carboxylic acids is 1. The number of nitrogens with one attached hydrogen (secondary N) is 1. The first-order valence-corrected chi connectivity index (χ1v) is 8.13. The van der Waals surface area contributed by atoms with Crippen LogP contribution >= 0.6 is 0 Å². The van der Waals surface area contributed by atoms with Crippen molar-refractivity contribution >= 4 is 23.4 Å². The van der Waals surface area contributed by atoms with E-state index in [-0.39, 0.29) is 18.4 Å². The van der Waals surface area contributed by atoms with E-state index in [0.717, 1.165) is 6.20 Å². The summed E-state index contributed by atoms with van der Waals surface area (Å²) < 4.78 is 1.24. The van der Waals surface area contributed by atoms with Crippen LogP contribution in [0, 0.1) is 0 Å². The summed E-state index contributed by atoms with van der Waals surface area (Å²) in [6, 6.07) is 15.4. The van der Waals surface area contributed by atoms with Gasteiger partial charge in [0.25, 0.3) is 5.56 Å². The number of urea groups is 1. The highest BCUT2D eigenvalue weighted by molar-refractivity contribution is 6.03. The molecule has 0 fully saturated rings. The van der Waals surface area contributed by atoms with Crippen molar-refractivity contribution in [2.24, 2.45) is 0 Å². The summed E-state index contributed by atoms with van der Waals surface area (Å²) in [5, 5.41) is 12.0. The van der Waals surface area contributed by atoms with Gasteiger partial charge >= 0.3 is 12.0 Å². The van der Waals surface area contributed by atoms with Crippen molar-refractivity contribution in [3.8, 4) is 5.69 Å². The van der Waals surface area contributed by atoms with Crippen LogP contribution in [0.4, 0.5) is 16.2 Å². The van der Waals surface area contributed by atoms with Gasteiger partial charge in [0.15, 0.2) is 0 Å². The van der Waals surface area contributed by atoms with Crippen molar-refractivity contribution in [1.82, 2.24) is 9.55 Å². The van der Waals surface area contributed by atoms with Crippen molar-refractivity contribution in [1.29, 1.82) is 0 Å². The second-order valence-corrected chi connectivity index (χ2v) is 5.90. The zero-order valence-corrected chi connectivity index (χ0v) is 14.0. The van der Waals surface area contributed by atoms with Crippen LogP contribution in [0.25, 0.3) is 5.69 Å². The minimum Gasteiger partial charge on any atom is -0.477 e. The van der Waals surface area contributed by atoms with Crippen molar-refractivity contribution in [3.05, 3.63) is 82.5 Å². The Bertz CT molecular complexity index is 1110. The third-order valence-electron chi connectivity index (χ3n) is 4.25. The summed E-state index contributed by atoms with van der Waals surface area (Å²) in [5.41, 5.74) is 0.434. The number of para-hydroxylation sites is 3. The molecule has 8 heteroatoms. The summed E-state index contributed by atoms with van der Waals surface area (Å²) >= 11 is 0. The fraction of sp³-hybridized carbons (Fsp3) is 0.0526. The van der Waals surface area contributed by atoms with Crippen molar-refractivity contribution in [3.63, 3.8) is 0 Å². The van der Waals surface area contributed by atoms with E-state index in [1.807, 2.05) is 18.2 Å². The van der Waals surface area contributed by atoms with Gasteiger partial charge in [-0.15, -0.1) is 0 Å². The maximum Gasteiger partial charge on any atom is 0.342 e. The van der Waals surface area contributed by atoms with E-state index in [1.165, 1.54) is 9.47 Å². The molecule has 1 aromatic heterocycles. The summed E-state index contributed by atoms with van der Waals surface area (Å²) in [6.45, 7) is 0.0326. The van der Waals surface area contributed by atoms with E-state index in [1.54, 1.807) is 36.4 Å². The molecule has 0 saturated heterocycles. The van der Waals surface area contributed by atoms with E-state index >= 15 is 0 Å². The molecule has 2 N–H and O–H groups in total. The largest absolute Gasteiger partial charge is 0.477 e. The molecular weight excluding hydrogens is 348 g/mol. The average Bonchev–Trinajstić information content (AvgIpc) is 2.67. The summed E-state index contributed by atoms with van der Waals surface area (Å²) in [7, 11) is 0. The Kier molecular flexibility index (Phi) is 3.92. The monoisotopic (exact) mass is 362 g/mol. The zero-order chi connectivity index (χ0) is 19.0. The Labute approximate surface area is 153 Å². The van der Waals surface area contributed by atoms with Crippen LogP contribution in [-0.4, -0.2) is 26.7 Å². The molecule has 1 aliphatic rings. The van der Waals surface area contributed by atoms with Crippen LogP contribution in [0.1, 0.15) is 16.2 Å². The standard InChI is InChI=1S/C19H14N4O4/c24-17-13(18(25)26)10-20-16-11-22(14-8-4-5-9-15(14)23(16)17)19(27)21-12-6-2-1-3-7-12/h1-10H,11H2,(H,21,27)(H,25,26). The Hall–Kier alpha value is -3.94. The first kappa shape index (κ1) is 16.5. The van der Waals surface area contributed by atoms with Crippen molar-refractivity contribution < 1.29 is 14.7 Å². The number of hydrogen-bond donors (Lipinski definition) is 2. The van der Waals surface area contributed by atoms with Gasteiger partial charge < -0.3 is 10.4 Å². The number of nitrogens with zero attached hydrogens (tertiary/aromatic N) is 3. The van der Waals surface area contributed by atoms with Gasteiger partial charge in [-0.2, -0.15) is 0 Å². The molecule has 27 heavy (non-hydrogen) atoms. The molecule has 1 aliphatic heterocycles. The molecule has 0 bridgehead atoms. The Morgan fingerprint density at radius 2 is 1.67 bits per heavy atom. The lowest BCUT2D eigenvalue weighted by Gasteiger charge is -2.31. The maximum absolute atomic E-state index is 12.8. The Morgan fingerprint density at radius 3 is 2.37 bits per heavy atom. The minimum absolute atomic E-state index is 0.0326. The van der Waals surface area contributed by atoms with Gasteiger partial charge in [-0.3, -0.25) is 14.3 Å². The van der Waals surface area contributed by atoms with Gasteiger partial charge in [0, 0.05) is 11.9 Å². The number of aromatic carboxylic acids is 1. The topological polar surface area (TPSA) is 105 Å². The van der Waals surface area contributed by atoms with Crippen LogP contribution in [0.5, 0.6) is 0 Å². The van der Waals surface area contributed by atoms with Gasteiger partial charge in [0.1, 0.15) is 11.4 Å². The molecule has 8 nitrogen and oxygen atoms in total.